The van der Waals surface area contributed by atoms with E-state index >= 15 is 0 Å². The molecule has 0 aliphatic carbocycles. The summed E-state index contributed by atoms with van der Waals surface area (Å²) in [5.41, 5.74) is 0.969. The number of amides is 1. The minimum atomic E-state index is -0.428. The average Bonchev–Trinajstić information content (AvgIpc) is 2.91. The molecule has 18 heavy (non-hydrogen) atoms. The van der Waals surface area contributed by atoms with Gasteiger partial charge in [0.2, 0.25) is 0 Å². The Morgan fingerprint density at radius 1 is 1.50 bits per heavy atom. The first-order valence-corrected chi connectivity index (χ1v) is 6.01. The van der Waals surface area contributed by atoms with E-state index in [1.807, 2.05) is 37.3 Å². The van der Waals surface area contributed by atoms with Gasteiger partial charge in [-0.1, -0.05) is 30.3 Å². The zero-order chi connectivity index (χ0) is 12.8. The number of carbonyl (C=O) groups is 1. The van der Waals surface area contributed by atoms with Gasteiger partial charge in [-0.15, -0.1) is 0 Å². The van der Waals surface area contributed by atoms with Crippen LogP contribution in [0.1, 0.15) is 12.5 Å². The third-order valence-corrected chi connectivity index (χ3v) is 2.66. The molecule has 0 saturated heterocycles. The molecule has 0 spiro atoms. The normalized spacial score (nSPS) is 15.5. The number of carbonyl (C=O) groups excluding carboxylic acids is 1. The first kappa shape index (κ1) is 12.4. The summed E-state index contributed by atoms with van der Waals surface area (Å²) in [6, 6.07) is 9.44. The molecule has 0 saturated carbocycles. The van der Waals surface area contributed by atoms with E-state index in [1.54, 1.807) is 0 Å². The maximum absolute atomic E-state index is 11.6. The van der Waals surface area contributed by atoms with Gasteiger partial charge in [-0.05, 0) is 12.5 Å². The van der Waals surface area contributed by atoms with Gasteiger partial charge >= 0.3 is 6.09 Å². The molecule has 1 aliphatic rings. The van der Waals surface area contributed by atoms with Crippen LogP contribution in [0.4, 0.5) is 4.79 Å². The van der Waals surface area contributed by atoms with E-state index in [2.05, 4.69) is 15.6 Å². The lowest BCUT2D eigenvalue weighted by molar-refractivity contribution is 0.138. The maximum Gasteiger partial charge on any atom is 0.408 e. The Hall–Kier alpha value is -2.04. The van der Waals surface area contributed by atoms with Gasteiger partial charge in [0, 0.05) is 6.54 Å². The average molecular weight is 247 g/mol. The highest BCUT2D eigenvalue weighted by atomic mass is 16.5. The standard InChI is InChI=1S/C13H17N3O2/c1-10(12-14-7-8-15-12)16-13(17)18-9-11-5-3-2-4-6-11/h2-6,10H,7-9H2,1H3,(H,14,15)(H,16,17). The van der Waals surface area contributed by atoms with Crippen molar-refractivity contribution in [2.24, 2.45) is 4.99 Å². The van der Waals surface area contributed by atoms with E-state index < -0.39 is 6.09 Å². The molecule has 1 aromatic carbocycles. The van der Waals surface area contributed by atoms with Gasteiger partial charge in [-0.3, -0.25) is 4.99 Å². The maximum atomic E-state index is 11.6. The summed E-state index contributed by atoms with van der Waals surface area (Å²) >= 11 is 0. The third kappa shape index (κ3) is 3.48. The van der Waals surface area contributed by atoms with E-state index in [0.29, 0.717) is 0 Å². The van der Waals surface area contributed by atoms with Crippen LogP contribution in [0.15, 0.2) is 35.3 Å². The molecule has 1 aliphatic heterocycles. The molecule has 1 aromatic rings. The second kappa shape index (κ2) is 6.05. The zero-order valence-electron chi connectivity index (χ0n) is 10.3. The molecule has 0 radical (unpaired) electrons. The summed E-state index contributed by atoms with van der Waals surface area (Å²) in [7, 11) is 0. The number of ether oxygens (including phenoxy) is 1. The van der Waals surface area contributed by atoms with Crippen LogP contribution in [0.5, 0.6) is 0 Å². The van der Waals surface area contributed by atoms with Crippen LogP contribution in [-0.4, -0.2) is 31.1 Å². The monoisotopic (exact) mass is 247 g/mol. The first-order valence-electron chi connectivity index (χ1n) is 6.01. The van der Waals surface area contributed by atoms with Crippen molar-refractivity contribution < 1.29 is 9.53 Å². The molecule has 2 rings (SSSR count). The molecule has 5 heteroatoms. The molecule has 2 N–H and O–H groups in total. The molecule has 0 bridgehead atoms. The number of nitrogens with one attached hydrogen (secondary N) is 2. The molecule has 0 aromatic heterocycles. The van der Waals surface area contributed by atoms with Crippen LogP contribution in [0.3, 0.4) is 0 Å². The van der Waals surface area contributed by atoms with Crippen molar-refractivity contribution in [1.82, 2.24) is 10.6 Å². The predicted octanol–water partition coefficient (Wildman–Crippen LogP) is 1.30. The molecule has 1 unspecified atom stereocenters. The van der Waals surface area contributed by atoms with Gasteiger partial charge < -0.3 is 15.4 Å². The van der Waals surface area contributed by atoms with Crippen molar-refractivity contribution in [2.75, 3.05) is 13.1 Å². The molecule has 0 fully saturated rings. The van der Waals surface area contributed by atoms with E-state index in [9.17, 15) is 4.79 Å². The molecule has 5 nitrogen and oxygen atoms in total. The molecular formula is C13H17N3O2. The number of hydrogen-bond acceptors (Lipinski definition) is 4. The number of rotatable bonds is 4. The lowest BCUT2D eigenvalue weighted by Gasteiger charge is -2.14. The van der Waals surface area contributed by atoms with Crippen molar-refractivity contribution in [3.8, 4) is 0 Å². The Labute approximate surface area is 106 Å². The van der Waals surface area contributed by atoms with E-state index in [-0.39, 0.29) is 12.6 Å². The van der Waals surface area contributed by atoms with Gasteiger partial charge in [0.25, 0.3) is 0 Å². The highest BCUT2D eigenvalue weighted by Gasteiger charge is 2.16. The second-order valence-electron chi connectivity index (χ2n) is 4.12. The minimum Gasteiger partial charge on any atom is -0.445 e. The zero-order valence-corrected chi connectivity index (χ0v) is 10.3. The van der Waals surface area contributed by atoms with Crippen LogP contribution >= 0.6 is 0 Å². The fourth-order valence-electron chi connectivity index (χ4n) is 1.72. The number of nitrogens with zero attached hydrogens (tertiary/aromatic N) is 1. The van der Waals surface area contributed by atoms with Crippen molar-refractivity contribution in [3.05, 3.63) is 35.9 Å². The Bertz CT molecular complexity index is 431. The summed E-state index contributed by atoms with van der Waals surface area (Å²) < 4.78 is 5.13. The number of amidine groups is 1. The quantitative estimate of drug-likeness (QED) is 0.843. The SMILES string of the molecule is CC(NC(=O)OCc1ccccc1)C1=NCCN1. The minimum absolute atomic E-state index is 0.143. The van der Waals surface area contributed by atoms with Crippen LogP contribution in [0, 0.1) is 0 Å². The van der Waals surface area contributed by atoms with E-state index in [1.165, 1.54) is 0 Å². The summed E-state index contributed by atoms with van der Waals surface area (Å²) in [6.45, 7) is 3.75. The molecule has 1 atom stereocenters. The molecule has 1 amide bonds. The Kier molecular flexibility index (Phi) is 4.17. The van der Waals surface area contributed by atoms with Crippen LogP contribution in [0.2, 0.25) is 0 Å². The highest BCUT2D eigenvalue weighted by Crippen LogP contribution is 2.01. The number of aliphatic imine (C=N–C) groups is 1. The first-order chi connectivity index (χ1) is 8.75. The van der Waals surface area contributed by atoms with Gasteiger partial charge in [-0.2, -0.15) is 0 Å². The van der Waals surface area contributed by atoms with Gasteiger partial charge in [0.05, 0.1) is 12.6 Å². The van der Waals surface area contributed by atoms with Crippen LogP contribution < -0.4 is 10.6 Å². The fourth-order valence-corrected chi connectivity index (χ4v) is 1.72. The van der Waals surface area contributed by atoms with Gasteiger partial charge in [0.15, 0.2) is 0 Å². The topological polar surface area (TPSA) is 62.7 Å². The number of hydrogen-bond donors (Lipinski definition) is 2. The van der Waals surface area contributed by atoms with Crippen molar-refractivity contribution in [1.29, 1.82) is 0 Å². The third-order valence-electron chi connectivity index (χ3n) is 2.66. The number of alkyl carbamates (subject to hydrolysis) is 1. The van der Waals surface area contributed by atoms with Crippen LogP contribution in [0.25, 0.3) is 0 Å². The summed E-state index contributed by atoms with van der Waals surface area (Å²) in [5.74, 6) is 0.812. The molecular weight excluding hydrogens is 230 g/mol. The lowest BCUT2D eigenvalue weighted by Crippen LogP contribution is -2.43. The summed E-state index contributed by atoms with van der Waals surface area (Å²) in [5, 5.41) is 5.85. The van der Waals surface area contributed by atoms with Gasteiger partial charge in [-0.25, -0.2) is 4.79 Å². The van der Waals surface area contributed by atoms with Gasteiger partial charge in [0.1, 0.15) is 12.4 Å². The Morgan fingerprint density at radius 2 is 2.28 bits per heavy atom. The molecule has 96 valence electrons. The highest BCUT2D eigenvalue weighted by molar-refractivity contribution is 5.90. The predicted molar refractivity (Wildman–Crippen MR) is 69.5 cm³/mol. The van der Waals surface area contributed by atoms with Crippen LogP contribution in [-0.2, 0) is 11.3 Å². The Balaban J connectivity index is 1.75. The van der Waals surface area contributed by atoms with E-state index in [4.69, 9.17) is 4.74 Å². The smallest absolute Gasteiger partial charge is 0.408 e. The summed E-state index contributed by atoms with van der Waals surface area (Å²) in [4.78, 5) is 15.8. The summed E-state index contributed by atoms with van der Waals surface area (Å²) in [6.07, 6.45) is -0.428. The van der Waals surface area contributed by atoms with Crippen molar-refractivity contribution >= 4 is 11.9 Å². The largest absolute Gasteiger partial charge is 0.445 e. The van der Waals surface area contributed by atoms with Crippen molar-refractivity contribution in [3.63, 3.8) is 0 Å². The number of benzene rings is 1. The van der Waals surface area contributed by atoms with E-state index in [0.717, 1.165) is 24.5 Å². The molecule has 1 heterocycles. The lowest BCUT2D eigenvalue weighted by atomic mass is 10.2. The Morgan fingerprint density at radius 3 is 2.94 bits per heavy atom. The second-order valence-corrected chi connectivity index (χ2v) is 4.12. The fraction of sp³-hybridized carbons (Fsp3) is 0.385. The van der Waals surface area contributed by atoms with Crippen molar-refractivity contribution in [2.45, 2.75) is 19.6 Å².